The van der Waals surface area contributed by atoms with Gasteiger partial charge in [-0.3, -0.25) is 9.59 Å². The topological polar surface area (TPSA) is 85.2 Å². The average Bonchev–Trinajstić information content (AvgIpc) is 3.51. The summed E-state index contributed by atoms with van der Waals surface area (Å²) >= 11 is 0. The van der Waals surface area contributed by atoms with Crippen LogP contribution in [0.5, 0.6) is 5.75 Å². The third kappa shape index (κ3) is 5.72. The van der Waals surface area contributed by atoms with E-state index in [9.17, 15) is 9.59 Å². The minimum Gasteiger partial charge on any atom is -0.486 e. The molecule has 1 saturated carbocycles. The first-order valence-electron chi connectivity index (χ1n) is 10.4. The molecule has 1 unspecified atom stereocenters. The number of aryl methyl sites for hydroxylation is 1. The van der Waals surface area contributed by atoms with Gasteiger partial charge >= 0.3 is 0 Å². The van der Waals surface area contributed by atoms with Crippen LogP contribution in [0, 0.1) is 0 Å². The van der Waals surface area contributed by atoms with Gasteiger partial charge in [-0.1, -0.05) is 30.3 Å². The lowest BCUT2D eigenvalue weighted by molar-refractivity contribution is -0.123. The number of ether oxygens (including phenoxy) is 1. The average molecular weight is 418 g/mol. The highest BCUT2D eigenvalue weighted by Crippen LogP contribution is 2.19. The van der Waals surface area contributed by atoms with E-state index in [0.717, 1.165) is 24.2 Å². The normalized spacial score (nSPS) is 14.0. The van der Waals surface area contributed by atoms with Crippen molar-refractivity contribution in [2.45, 2.75) is 38.0 Å². The fraction of sp³-hybridized carbons (Fsp3) is 0.292. The Morgan fingerprint density at radius 1 is 1.13 bits per heavy atom. The summed E-state index contributed by atoms with van der Waals surface area (Å²) in [7, 11) is 1.91. The van der Waals surface area contributed by atoms with E-state index < -0.39 is 6.04 Å². The molecule has 4 rings (SSSR count). The molecule has 0 saturated heterocycles. The molecule has 160 valence electrons. The number of rotatable bonds is 9. The molecule has 31 heavy (non-hydrogen) atoms. The van der Waals surface area contributed by atoms with E-state index >= 15 is 0 Å². The number of amides is 2. The second-order valence-electron chi connectivity index (χ2n) is 7.77. The Morgan fingerprint density at radius 2 is 1.87 bits per heavy atom. The highest BCUT2D eigenvalue weighted by atomic mass is 16.5. The molecule has 1 atom stereocenters. The van der Waals surface area contributed by atoms with Gasteiger partial charge in [0.15, 0.2) is 0 Å². The van der Waals surface area contributed by atoms with Crippen LogP contribution in [0.4, 0.5) is 0 Å². The van der Waals surface area contributed by atoms with Gasteiger partial charge in [-0.2, -0.15) is 0 Å². The van der Waals surface area contributed by atoms with Gasteiger partial charge in [0, 0.05) is 37.5 Å². The molecule has 2 N–H and O–H groups in total. The molecule has 1 aromatic heterocycles. The third-order valence-corrected chi connectivity index (χ3v) is 5.23. The van der Waals surface area contributed by atoms with Crippen molar-refractivity contribution in [1.82, 2.24) is 20.2 Å². The van der Waals surface area contributed by atoms with Gasteiger partial charge in [0.25, 0.3) is 5.91 Å². The Labute approximate surface area is 181 Å². The van der Waals surface area contributed by atoms with Crippen molar-refractivity contribution in [2.24, 2.45) is 7.05 Å². The number of carbonyl (C=O) groups excluding carboxylic acids is 2. The van der Waals surface area contributed by atoms with Gasteiger partial charge in [0.1, 0.15) is 24.2 Å². The van der Waals surface area contributed by atoms with E-state index in [4.69, 9.17) is 4.74 Å². The number of nitrogens with one attached hydrogen (secondary N) is 2. The number of imidazole rings is 1. The summed E-state index contributed by atoms with van der Waals surface area (Å²) < 4.78 is 7.63. The van der Waals surface area contributed by atoms with E-state index in [-0.39, 0.29) is 17.9 Å². The van der Waals surface area contributed by atoms with Crippen molar-refractivity contribution in [3.63, 3.8) is 0 Å². The second-order valence-corrected chi connectivity index (χ2v) is 7.77. The quantitative estimate of drug-likeness (QED) is 0.559. The summed E-state index contributed by atoms with van der Waals surface area (Å²) in [4.78, 5) is 29.7. The first kappa shape index (κ1) is 20.7. The zero-order valence-electron chi connectivity index (χ0n) is 17.5. The van der Waals surface area contributed by atoms with Crippen molar-refractivity contribution in [2.75, 3.05) is 0 Å². The van der Waals surface area contributed by atoms with Gasteiger partial charge in [-0.05, 0) is 42.7 Å². The van der Waals surface area contributed by atoms with Crippen molar-refractivity contribution >= 4 is 11.8 Å². The summed E-state index contributed by atoms with van der Waals surface area (Å²) in [6, 6.07) is 16.2. The zero-order chi connectivity index (χ0) is 21.6. The minimum absolute atomic E-state index is 0.144. The molecule has 2 amide bonds. The lowest BCUT2D eigenvalue weighted by Gasteiger charge is -2.19. The molecule has 0 bridgehead atoms. The standard InChI is InChI=1S/C24H26N4O3/c1-28-14-13-25-22(28)16-31-20-11-7-18(8-12-20)23(29)27-21(24(30)26-19-9-10-19)15-17-5-3-2-4-6-17/h2-8,11-14,19,21H,9-10,15-16H2,1H3,(H,26,30)(H,27,29). The zero-order valence-corrected chi connectivity index (χ0v) is 17.5. The van der Waals surface area contributed by atoms with Gasteiger partial charge in [-0.15, -0.1) is 0 Å². The molecule has 0 spiro atoms. The van der Waals surface area contributed by atoms with Crippen molar-refractivity contribution < 1.29 is 14.3 Å². The number of benzene rings is 2. The van der Waals surface area contributed by atoms with Crippen LogP contribution in [0.25, 0.3) is 0 Å². The number of carbonyl (C=O) groups is 2. The van der Waals surface area contributed by atoms with Crippen molar-refractivity contribution in [3.05, 3.63) is 83.9 Å². The molecule has 7 heteroatoms. The monoisotopic (exact) mass is 418 g/mol. The molecular formula is C24H26N4O3. The first-order valence-corrected chi connectivity index (χ1v) is 10.4. The fourth-order valence-corrected chi connectivity index (χ4v) is 3.22. The molecule has 2 aromatic carbocycles. The number of aromatic nitrogens is 2. The maximum Gasteiger partial charge on any atom is 0.251 e. The minimum atomic E-state index is -0.630. The summed E-state index contributed by atoms with van der Waals surface area (Å²) in [5.74, 6) is 1.02. The summed E-state index contributed by atoms with van der Waals surface area (Å²) in [5, 5.41) is 5.88. The Kier molecular flexibility index (Phi) is 6.31. The summed E-state index contributed by atoms with van der Waals surface area (Å²) in [5.41, 5.74) is 1.47. The lowest BCUT2D eigenvalue weighted by Crippen LogP contribution is -2.48. The van der Waals surface area contributed by atoms with Crippen LogP contribution in [0.3, 0.4) is 0 Å². The predicted octanol–water partition coefficient (Wildman–Crippen LogP) is 2.62. The first-order chi connectivity index (χ1) is 15.1. The van der Waals surface area contributed by atoms with Crippen LogP contribution >= 0.6 is 0 Å². The summed E-state index contributed by atoms with van der Waals surface area (Å²) in [6.07, 6.45) is 6.01. The van der Waals surface area contributed by atoms with Crippen LogP contribution < -0.4 is 15.4 Å². The molecule has 1 fully saturated rings. The predicted molar refractivity (Wildman–Crippen MR) is 117 cm³/mol. The molecular weight excluding hydrogens is 392 g/mol. The Balaban J connectivity index is 1.38. The number of nitrogens with zero attached hydrogens (tertiary/aromatic N) is 2. The maximum absolute atomic E-state index is 12.8. The van der Waals surface area contributed by atoms with Crippen LogP contribution in [0.1, 0.15) is 34.6 Å². The van der Waals surface area contributed by atoms with Crippen LogP contribution in [-0.2, 0) is 24.9 Å². The van der Waals surface area contributed by atoms with Gasteiger partial charge < -0.3 is 19.9 Å². The van der Waals surface area contributed by atoms with Crippen molar-refractivity contribution in [1.29, 1.82) is 0 Å². The largest absolute Gasteiger partial charge is 0.486 e. The van der Waals surface area contributed by atoms with Crippen molar-refractivity contribution in [3.8, 4) is 5.75 Å². The van der Waals surface area contributed by atoms with E-state index in [0.29, 0.717) is 24.3 Å². The highest BCUT2D eigenvalue weighted by Gasteiger charge is 2.28. The molecule has 1 aliphatic rings. The fourth-order valence-electron chi connectivity index (χ4n) is 3.22. The lowest BCUT2D eigenvalue weighted by atomic mass is 10.0. The summed E-state index contributed by atoms with van der Waals surface area (Å²) in [6.45, 7) is 0.343. The van der Waals surface area contributed by atoms with E-state index in [1.165, 1.54) is 0 Å². The Hall–Kier alpha value is -3.61. The molecule has 0 aliphatic heterocycles. The highest BCUT2D eigenvalue weighted by molar-refractivity contribution is 5.97. The number of hydrogen-bond acceptors (Lipinski definition) is 4. The van der Waals surface area contributed by atoms with E-state index in [1.807, 2.05) is 48.1 Å². The Bertz CT molecular complexity index is 1030. The molecule has 1 heterocycles. The van der Waals surface area contributed by atoms with Gasteiger partial charge in [0.2, 0.25) is 5.91 Å². The SMILES string of the molecule is Cn1ccnc1COc1ccc(C(=O)NC(Cc2ccccc2)C(=O)NC2CC2)cc1. The van der Waals surface area contributed by atoms with Crippen LogP contribution in [0.15, 0.2) is 67.0 Å². The van der Waals surface area contributed by atoms with Crippen LogP contribution in [-0.4, -0.2) is 33.4 Å². The Morgan fingerprint density at radius 3 is 2.52 bits per heavy atom. The van der Waals surface area contributed by atoms with E-state index in [2.05, 4.69) is 15.6 Å². The third-order valence-electron chi connectivity index (χ3n) is 5.23. The van der Waals surface area contributed by atoms with Gasteiger partial charge in [-0.25, -0.2) is 4.98 Å². The molecule has 0 radical (unpaired) electrons. The second kappa shape index (κ2) is 9.47. The van der Waals surface area contributed by atoms with E-state index in [1.54, 1.807) is 30.5 Å². The number of hydrogen-bond donors (Lipinski definition) is 2. The molecule has 7 nitrogen and oxygen atoms in total. The molecule has 3 aromatic rings. The van der Waals surface area contributed by atoms with Crippen LogP contribution in [0.2, 0.25) is 0 Å². The smallest absolute Gasteiger partial charge is 0.251 e. The molecule has 1 aliphatic carbocycles. The van der Waals surface area contributed by atoms with Gasteiger partial charge in [0.05, 0.1) is 0 Å². The maximum atomic E-state index is 12.8.